The minimum absolute atomic E-state index is 0.0438. The van der Waals surface area contributed by atoms with Gasteiger partial charge in [-0.05, 0) is 61.0 Å². The first-order chi connectivity index (χ1) is 11.0. The van der Waals surface area contributed by atoms with E-state index in [0.717, 1.165) is 28.8 Å². The predicted molar refractivity (Wildman–Crippen MR) is 97.8 cm³/mol. The molecule has 1 saturated heterocycles. The van der Waals surface area contributed by atoms with Crippen LogP contribution in [0.5, 0.6) is 0 Å². The molecule has 6 nitrogen and oxygen atoms in total. The first-order valence-corrected chi connectivity index (χ1v) is 9.02. The number of nitro groups is 1. The zero-order chi connectivity index (χ0) is 16.8. The molecule has 1 aliphatic heterocycles. The largest absolute Gasteiger partial charge is 0.351 e. The zero-order valence-electron chi connectivity index (χ0n) is 13.3. The number of nitrogens with one attached hydrogen (secondary N) is 1. The highest BCUT2D eigenvalue weighted by Gasteiger charge is 2.18. The summed E-state index contributed by atoms with van der Waals surface area (Å²) in [7, 11) is 0. The molecule has 0 aliphatic carbocycles. The number of halogens is 1. The van der Waals surface area contributed by atoms with Crippen LogP contribution in [0.1, 0.15) is 41.6 Å². The second-order valence-corrected chi connectivity index (χ2v) is 7.03. The van der Waals surface area contributed by atoms with Crippen LogP contribution in [0.15, 0.2) is 12.1 Å². The van der Waals surface area contributed by atoms with Crippen LogP contribution in [0.2, 0.25) is 0 Å². The van der Waals surface area contributed by atoms with Gasteiger partial charge in [0, 0.05) is 28.8 Å². The average Bonchev–Trinajstić information content (AvgIpc) is 2.78. The Labute approximate surface area is 149 Å². The van der Waals surface area contributed by atoms with Crippen molar-refractivity contribution >= 4 is 34.2 Å². The summed E-state index contributed by atoms with van der Waals surface area (Å²) in [6.45, 7) is 5.39. The molecule has 23 heavy (non-hydrogen) atoms. The Morgan fingerprint density at radius 2 is 1.96 bits per heavy atom. The van der Waals surface area contributed by atoms with E-state index < -0.39 is 4.92 Å². The van der Waals surface area contributed by atoms with Crippen molar-refractivity contribution < 1.29 is 9.72 Å². The Morgan fingerprint density at radius 3 is 2.57 bits per heavy atom. The fraction of sp³-hybridized carbons (Fsp3) is 0.562. The van der Waals surface area contributed by atoms with Crippen LogP contribution < -0.4 is 5.32 Å². The van der Waals surface area contributed by atoms with E-state index in [1.165, 1.54) is 37.8 Å². The van der Waals surface area contributed by atoms with E-state index in [0.29, 0.717) is 12.1 Å². The van der Waals surface area contributed by atoms with E-state index in [4.69, 9.17) is 0 Å². The number of nitro benzene ring substituents is 1. The monoisotopic (exact) mass is 431 g/mol. The number of hydrogen-bond donors (Lipinski definition) is 1. The summed E-state index contributed by atoms with van der Waals surface area (Å²) < 4.78 is 0.731. The molecular weight excluding hydrogens is 409 g/mol. The van der Waals surface area contributed by atoms with Gasteiger partial charge in [0.1, 0.15) is 0 Å². The molecule has 7 heteroatoms. The lowest BCUT2D eigenvalue weighted by Crippen LogP contribution is -2.35. The molecule has 0 unspecified atom stereocenters. The number of non-ortho nitro benzene ring substituents is 1. The molecule has 1 N–H and O–H groups in total. The van der Waals surface area contributed by atoms with Crippen molar-refractivity contribution in [1.82, 2.24) is 10.2 Å². The number of benzene rings is 1. The van der Waals surface area contributed by atoms with Gasteiger partial charge in [-0.1, -0.05) is 12.8 Å². The van der Waals surface area contributed by atoms with Crippen molar-refractivity contribution in [3.05, 3.63) is 36.9 Å². The number of hydrogen-bond acceptors (Lipinski definition) is 4. The van der Waals surface area contributed by atoms with Gasteiger partial charge in [-0.3, -0.25) is 14.9 Å². The molecule has 1 amide bonds. The van der Waals surface area contributed by atoms with Crippen LogP contribution in [0.4, 0.5) is 5.69 Å². The summed E-state index contributed by atoms with van der Waals surface area (Å²) in [5, 5.41) is 13.9. The molecule has 0 radical (unpaired) electrons. The Morgan fingerprint density at radius 1 is 1.30 bits per heavy atom. The molecule has 1 heterocycles. The average molecular weight is 431 g/mol. The maximum atomic E-state index is 12.3. The van der Waals surface area contributed by atoms with Gasteiger partial charge in [0.15, 0.2) is 0 Å². The fourth-order valence-corrected chi connectivity index (χ4v) is 3.40. The van der Waals surface area contributed by atoms with E-state index in [-0.39, 0.29) is 11.6 Å². The highest BCUT2D eigenvalue weighted by atomic mass is 127. The molecule has 1 fully saturated rings. The number of carbonyl (C=O) groups is 1. The summed E-state index contributed by atoms with van der Waals surface area (Å²) in [4.78, 5) is 25.2. The van der Waals surface area contributed by atoms with Gasteiger partial charge in [-0.15, -0.1) is 0 Å². The lowest BCUT2D eigenvalue weighted by Gasteiger charge is -2.19. The molecule has 0 spiro atoms. The van der Waals surface area contributed by atoms with Crippen LogP contribution in [0.25, 0.3) is 0 Å². The summed E-state index contributed by atoms with van der Waals surface area (Å²) >= 11 is 2.03. The molecule has 2 rings (SSSR count). The summed E-state index contributed by atoms with van der Waals surface area (Å²) in [6.07, 6.45) is 5.01. The molecule has 0 aromatic heterocycles. The molecular formula is C16H22IN3O3. The molecule has 0 bridgehead atoms. The van der Waals surface area contributed by atoms with E-state index in [1.54, 1.807) is 0 Å². The number of likely N-dealkylation sites (tertiary alicyclic amines) is 1. The van der Waals surface area contributed by atoms with Gasteiger partial charge in [-0.25, -0.2) is 0 Å². The molecule has 1 aromatic carbocycles. The van der Waals surface area contributed by atoms with Gasteiger partial charge in [-0.2, -0.15) is 0 Å². The molecule has 126 valence electrons. The predicted octanol–water partition coefficient (Wildman–Crippen LogP) is 3.11. The van der Waals surface area contributed by atoms with Gasteiger partial charge >= 0.3 is 0 Å². The Hall–Kier alpha value is -1.22. The SMILES string of the molecule is Cc1c(I)cc([N+](=O)[O-])cc1C(=O)NCCN1CCCCCC1. The zero-order valence-corrected chi connectivity index (χ0v) is 15.5. The van der Waals surface area contributed by atoms with Crippen molar-refractivity contribution in [2.24, 2.45) is 0 Å². The molecule has 0 saturated carbocycles. The van der Waals surface area contributed by atoms with Crippen LogP contribution in [-0.4, -0.2) is 41.9 Å². The Balaban J connectivity index is 1.96. The van der Waals surface area contributed by atoms with Crippen molar-refractivity contribution in [3.63, 3.8) is 0 Å². The molecule has 0 atom stereocenters. The van der Waals surface area contributed by atoms with Crippen LogP contribution in [-0.2, 0) is 0 Å². The quantitative estimate of drug-likeness (QED) is 0.442. The highest BCUT2D eigenvalue weighted by molar-refractivity contribution is 14.1. The van der Waals surface area contributed by atoms with Crippen LogP contribution >= 0.6 is 22.6 Å². The van der Waals surface area contributed by atoms with Gasteiger partial charge in [0.25, 0.3) is 11.6 Å². The third-order valence-corrected chi connectivity index (χ3v) is 5.32. The third kappa shape index (κ3) is 5.13. The second kappa shape index (κ2) is 8.58. The van der Waals surface area contributed by atoms with Crippen molar-refractivity contribution in [3.8, 4) is 0 Å². The van der Waals surface area contributed by atoms with Gasteiger partial charge in [0.05, 0.1) is 10.5 Å². The van der Waals surface area contributed by atoms with E-state index in [2.05, 4.69) is 10.2 Å². The highest BCUT2D eigenvalue weighted by Crippen LogP contribution is 2.23. The summed E-state index contributed by atoms with van der Waals surface area (Å²) in [5.41, 5.74) is 1.13. The van der Waals surface area contributed by atoms with E-state index in [1.807, 2.05) is 29.5 Å². The van der Waals surface area contributed by atoms with E-state index >= 15 is 0 Å². The smallest absolute Gasteiger partial charge is 0.271 e. The van der Waals surface area contributed by atoms with Crippen LogP contribution in [0, 0.1) is 20.6 Å². The minimum Gasteiger partial charge on any atom is -0.351 e. The normalized spacial score (nSPS) is 15.9. The number of rotatable bonds is 5. The van der Waals surface area contributed by atoms with Gasteiger partial charge in [0.2, 0.25) is 0 Å². The maximum absolute atomic E-state index is 12.3. The minimum atomic E-state index is -0.463. The number of amides is 1. The number of carbonyl (C=O) groups excluding carboxylic acids is 1. The summed E-state index contributed by atoms with van der Waals surface area (Å²) in [5.74, 6) is -0.237. The van der Waals surface area contributed by atoms with E-state index in [9.17, 15) is 14.9 Å². The van der Waals surface area contributed by atoms with Crippen molar-refractivity contribution in [2.45, 2.75) is 32.6 Å². The summed E-state index contributed by atoms with van der Waals surface area (Å²) in [6, 6.07) is 2.85. The standard InChI is InChI=1S/C16H22IN3O3/c1-12-14(10-13(20(22)23)11-15(12)17)16(21)18-6-9-19-7-4-2-3-5-8-19/h10-11H,2-9H2,1H3,(H,18,21). The second-order valence-electron chi connectivity index (χ2n) is 5.87. The maximum Gasteiger partial charge on any atom is 0.271 e. The Kier molecular flexibility index (Phi) is 6.76. The van der Waals surface area contributed by atoms with Crippen molar-refractivity contribution in [2.75, 3.05) is 26.2 Å². The fourth-order valence-electron chi connectivity index (χ4n) is 2.79. The first-order valence-electron chi connectivity index (χ1n) is 7.94. The first kappa shape index (κ1) is 18.1. The molecule has 1 aliphatic rings. The topological polar surface area (TPSA) is 75.5 Å². The third-order valence-electron chi connectivity index (χ3n) is 4.20. The number of nitrogens with zero attached hydrogens (tertiary/aromatic N) is 2. The lowest BCUT2D eigenvalue weighted by molar-refractivity contribution is -0.385. The Bertz CT molecular complexity index is 584. The lowest BCUT2D eigenvalue weighted by atomic mass is 10.1. The van der Waals surface area contributed by atoms with Crippen molar-refractivity contribution in [1.29, 1.82) is 0 Å². The molecule has 1 aromatic rings. The van der Waals surface area contributed by atoms with Gasteiger partial charge < -0.3 is 10.2 Å². The van der Waals surface area contributed by atoms with Crippen LogP contribution in [0.3, 0.4) is 0 Å².